The highest BCUT2D eigenvalue weighted by atomic mass is 16.5. The van der Waals surface area contributed by atoms with Crippen LogP contribution in [-0.4, -0.2) is 48.6 Å². The number of hydrogen-bond donors (Lipinski definition) is 1. The van der Waals surface area contributed by atoms with Crippen LogP contribution in [-0.2, 0) is 16.1 Å². The second-order valence-corrected chi connectivity index (χ2v) is 4.99. The van der Waals surface area contributed by atoms with E-state index in [1.54, 1.807) is 18.2 Å². The van der Waals surface area contributed by atoms with Crippen molar-refractivity contribution in [1.82, 2.24) is 15.2 Å². The summed E-state index contributed by atoms with van der Waals surface area (Å²) in [6.45, 7) is 6.50. The highest BCUT2D eigenvalue weighted by molar-refractivity contribution is 5.76. The number of carbonyl (C=O) groups excluding carboxylic acids is 1. The number of hydrogen-bond acceptors (Lipinski definition) is 4. The number of ether oxygens (including phenoxy) is 1. The van der Waals surface area contributed by atoms with E-state index in [9.17, 15) is 4.79 Å². The zero-order chi connectivity index (χ0) is 14.8. The predicted molar refractivity (Wildman–Crippen MR) is 79.3 cm³/mol. The minimum absolute atomic E-state index is 0.126. The molecule has 112 valence electrons. The van der Waals surface area contributed by atoms with Crippen LogP contribution in [0.3, 0.4) is 0 Å². The van der Waals surface area contributed by atoms with Crippen molar-refractivity contribution in [3.63, 3.8) is 0 Å². The van der Waals surface area contributed by atoms with Crippen LogP contribution < -0.4 is 5.32 Å². The van der Waals surface area contributed by atoms with Crippen molar-refractivity contribution in [1.29, 1.82) is 0 Å². The first-order valence-electron chi connectivity index (χ1n) is 7.03. The van der Waals surface area contributed by atoms with Crippen LogP contribution in [0.25, 0.3) is 0 Å². The third-order valence-electron chi connectivity index (χ3n) is 2.89. The van der Waals surface area contributed by atoms with Crippen molar-refractivity contribution in [2.75, 3.05) is 26.8 Å². The average Bonchev–Trinajstić information content (AvgIpc) is 2.44. The monoisotopic (exact) mass is 279 g/mol. The molecule has 1 aromatic heterocycles. The number of nitrogens with one attached hydrogen (secondary N) is 1. The normalized spacial score (nSPS) is 10.8. The van der Waals surface area contributed by atoms with Crippen LogP contribution in [0, 0.1) is 0 Å². The van der Waals surface area contributed by atoms with E-state index in [0.717, 1.165) is 5.69 Å². The van der Waals surface area contributed by atoms with E-state index >= 15 is 0 Å². The lowest BCUT2D eigenvalue weighted by atomic mass is 10.2. The quantitative estimate of drug-likeness (QED) is 0.743. The minimum Gasteiger partial charge on any atom is -0.383 e. The number of pyridine rings is 1. The smallest absolute Gasteiger partial charge is 0.224 e. The number of rotatable bonds is 9. The highest BCUT2D eigenvalue weighted by Crippen LogP contribution is 2.03. The summed E-state index contributed by atoms with van der Waals surface area (Å²) in [7, 11) is 1.64. The average molecular weight is 279 g/mol. The molecule has 1 N–H and O–H groups in total. The lowest BCUT2D eigenvalue weighted by Crippen LogP contribution is -2.36. The summed E-state index contributed by atoms with van der Waals surface area (Å²) in [4.78, 5) is 18.3. The van der Waals surface area contributed by atoms with Gasteiger partial charge in [-0.3, -0.25) is 9.78 Å². The van der Waals surface area contributed by atoms with Crippen LogP contribution in [0.2, 0.25) is 0 Å². The van der Waals surface area contributed by atoms with E-state index in [4.69, 9.17) is 4.74 Å². The summed E-state index contributed by atoms with van der Waals surface area (Å²) in [5, 5.41) is 3.26. The van der Waals surface area contributed by atoms with E-state index in [1.807, 2.05) is 18.2 Å². The molecule has 0 bridgehead atoms. The first kappa shape index (κ1) is 16.6. The summed E-state index contributed by atoms with van der Waals surface area (Å²) in [5.41, 5.74) is 0.897. The maximum Gasteiger partial charge on any atom is 0.224 e. The zero-order valence-corrected chi connectivity index (χ0v) is 12.6. The number of aromatic nitrogens is 1. The molecule has 0 aromatic carbocycles. The molecule has 1 heterocycles. The molecular weight excluding hydrogens is 254 g/mol. The first-order valence-corrected chi connectivity index (χ1v) is 7.03. The lowest BCUT2D eigenvalue weighted by Gasteiger charge is -2.22. The molecule has 0 saturated heterocycles. The molecule has 0 unspecified atom stereocenters. The van der Waals surface area contributed by atoms with Crippen molar-refractivity contribution >= 4 is 5.91 Å². The fourth-order valence-electron chi connectivity index (χ4n) is 1.81. The Hall–Kier alpha value is -1.46. The molecule has 0 saturated carbocycles. The minimum atomic E-state index is 0.126. The van der Waals surface area contributed by atoms with Gasteiger partial charge in [-0.2, -0.15) is 0 Å². The van der Waals surface area contributed by atoms with Gasteiger partial charge in [0.15, 0.2) is 0 Å². The Bertz CT molecular complexity index is 382. The van der Waals surface area contributed by atoms with Gasteiger partial charge in [0.25, 0.3) is 0 Å². The van der Waals surface area contributed by atoms with Crippen LogP contribution >= 0.6 is 0 Å². The summed E-state index contributed by atoms with van der Waals surface area (Å²) in [6.07, 6.45) is 2.24. The van der Waals surface area contributed by atoms with Gasteiger partial charge >= 0.3 is 0 Å². The highest BCUT2D eigenvalue weighted by Gasteiger charge is 2.14. The third kappa shape index (κ3) is 6.63. The van der Waals surface area contributed by atoms with Gasteiger partial charge in [-0.05, 0) is 12.1 Å². The van der Waals surface area contributed by atoms with Gasteiger partial charge in [0.05, 0.1) is 18.8 Å². The van der Waals surface area contributed by atoms with Gasteiger partial charge in [0, 0.05) is 38.9 Å². The number of amides is 1. The fraction of sp³-hybridized carbons (Fsp3) is 0.600. The number of nitrogens with zero attached hydrogens (tertiary/aromatic N) is 2. The van der Waals surface area contributed by atoms with Crippen molar-refractivity contribution < 1.29 is 9.53 Å². The van der Waals surface area contributed by atoms with Gasteiger partial charge in [-0.1, -0.05) is 19.9 Å². The summed E-state index contributed by atoms with van der Waals surface area (Å²) >= 11 is 0. The molecule has 1 rings (SSSR count). The topological polar surface area (TPSA) is 54.5 Å². The van der Waals surface area contributed by atoms with E-state index in [0.29, 0.717) is 38.7 Å². The molecule has 0 spiro atoms. The van der Waals surface area contributed by atoms with E-state index in [2.05, 4.69) is 24.1 Å². The molecule has 5 heteroatoms. The summed E-state index contributed by atoms with van der Waals surface area (Å²) < 4.78 is 5.07. The van der Waals surface area contributed by atoms with E-state index in [1.165, 1.54) is 0 Å². The molecular formula is C15H25N3O2. The maximum atomic E-state index is 12.2. The third-order valence-corrected chi connectivity index (χ3v) is 2.89. The number of methoxy groups -OCH3 is 1. The van der Waals surface area contributed by atoms with Crippen molar-refractivity contribution in [3.8, 4) is 0 Å². The Morgan fingerprint density at radius 1 is 1.45 bits per heavy atom. The first-order chi connectivity index (χ1) is 9.63. The van der Waals surface area contributed by atoms with E-state index < -0.39 is 0 Å². The summed E-state index contributed by atoms with van der Waals surface area (Å²) in [6, 6.07) is 6.13. The predicted octanol–water partition coefficient (Wildman–Crippen LogP) is 1.44. The molecule has 5 nitrogen and oxygen atoms in total. The van der Waals surface area contributed by atoms with Crippen LogP contribution in [0.15, 0.2) is 24.4 Å². The number of carbonyl (C=O) groups is 1. The lowest BCUT2D eigenvalue weighted by molar-refractivity contribution is -0.132. The van der Waals surface area contributed by atoms with Crippen molar-refractivity contribution in [2.24, 2.45) is 0 Å². The van der Waals surface area contributed by atoms with Gasteiger partial charge in [0.2, 0.25) is 5.91 Å². The molecule has 1 amide bonds. The Morgan fingerprint density at radius 2 is 2.25 bits per heavy atom. The van der Waals surface area contributed by atoms with Crippen molar-refractivity contribution in [2.45, 2.75) is 32.9 Å². The van der Waals surface area contributed by atoms with Crippen LogP contribution in [0.4, 0.5) is 0 Å². The van der Waals surface area contributed by atoms with Gasteiger partial charge < -0.3 is 15.0 Å². The summed E-state index contributed by atoms with van der Waals surface area (Å²) in [5.74, 6) is 0.126. The Labute approximate surface area is 121 Å². The SMILES string of the molecule is COCCN(Cc1ccccn1)C(=O)CCNC(C)C. The standard InChI is InChI=1S/C15H25N3O2/c1-13(2)16-9-7-15(19)18(10-11-20-3)12-14-6-4-5-8-17-14/h4-6,8,13,16H,7,9-12H2,1-3H3. The maximum absolute atomic E-state index is 12.2. The molecule has 0 radical (unpaired) electrons. The molecule has 0 aliphatic carbocycles. The second kappa shape index (κ2) is 9.44. The van der Waals surface area contributed by atoms with Gasteiger partial charge in [-0.15, -0.1) is 0 Å². The zero-order valence-electron chi connectivity index (χ0n) is 12.6. The fourth-order valence-corrected chi connectivity index (χ4v) is 1.81. The van der Waals surface area contributed by atoms with Crippen LogP contribution in [0.5, 0.6) is 0 Å². The Kier molecular flexibility index (Phi) is 7.84. The van der Waals surface area contributed by atoms with Crippen LogP contribution in [0.1, 0.15) is 26.0 Å². The molecule has 20 heavy (non-hydrogen) atoms. The van der Waals surface area contributed by atoms with Gasteiger partial charge in [-0.25, -0.2) is 0 Å². The Morgan fingerprint density at radius 3 is 2.85 bits per heavy atom. The van der Waals surface area contributed by atoms with E-state index in [-0.39, 0.29) is 5.91 Å². The van der Waals surface area contributed by atoms with Crippen molar-refractivity contribution in [3.05, 3.63) is 30.1 Å². The molecule has 0 fully saturated rings. The molecule has 0 aliphatic rings. The second-order valence-electron chi connectivity index (χ2n) is 4.99. The molecule has 0 aliphatic heterocycles. The van der Waals surface area contributed by atoms with Gasteiger partial charge in [0.1, 0.15) is 0 Å². The molecule has 1 aromatic rings. The molecule has 0 atom stereocenters. The Balaban J connectivity index is 2.52. The largest absolute Gasteiger partial charge is 0.383 e.